The summed E-state index contributed by atoms with van der Waals surface area (Å²) < 4.78 is 41.7. The molecule has 2 aromatic carbocycles. The highest BCUT2D eigenvalue weighted by atomic mass is 79.9. The molecule has 5 rings (SSSR count). The summed E-state index contributed by atoms with van der Waals surface area (Å²) >= 11 is 9.17. The SMILES string of the molecule is CCOc1c(CC(N)=O)cc([C@@](O)(CNC(=O)c2cc(OC)c3ncc(Br)cc3c2)C2CC2)nc1-c1ccc(Cl)c(F)c1F. The number of amides is 2. The molecule has 0 unspecified atom stereocenters. The number of ether oxygens (including phenoxy) is 2. The number of nitrogens with two attached hydrogens (primary N) is 1. The van der Waals surface area contributed by atoms with Crippen LogP contribution in [0, 0.1) is 17.6 Å². The van der Waals surface area contributed by atoms with E-state index in [2.05, 4.69) is 31.2 Å². The van der Waals surface area contributed by atoms with E-state index in [0.29, 0.717) is 34.0 Å². The predicted molar refractivity (Wildman–Crippen MR) is 164 cm³/mol. The number of halogens is 4. The fraction of sp³-hybridized carbons (Fsp3) is 0.290. The van der Waals surface area contributed by atoms with Crippen LogP contribution in [0.15, 0.2) is 47.1 Å². The highest BCUT2D eigenvalue weighted by Crippen LogP contribution is 2.47. The lowest BCUT2D eigenvalue weighted by atomic mass is 9.90. The smallest absolute Gasteiger partial charge is 0.251 e. The Morgan fingerprint density at radius 1 is 1.20 bits per heavy atom. The Morgan fingerprint density at radius 3 is 2.61 bits per heavy atom. The third-order valence-electron chi connectivity index (χ3n) is 7.41. The number of primary amides is 1. The number of aliphatic hydroxyl groups is 1. The lowest BCUT2D eigenvalue weighted by Gasteiger charge is -2.30. The largest absolute Gasteiger partial charge is 0.494 e. The van der Waals surface area contributed by atoms with Gasteiger partial charge in [-0.3, -0.25) is 14.6 Å². The summed E-state index contributed by atoms with van der Waals surface area (Å²) in [5.74, 6) is -3.69. The zero-order chi connectivity index (χ0) is 31.8. The average Bonchev–Trinajstić information content (AvgIpc) is 3.85. The summed E-state index contributed by atoms with van der Waals surface area (Å²) in [6, 6.07) is 8.86. The number of rotatable bonds is 11. The van der Waals surface area contributed by atoms with Gasteiger partial charge >= 0.3 is 0 Å². The summed E-state index contributed by atoms with van der Waals surface area (Å²) in [5.41, 5.74) is 4.44. The summed E-state index contributed by atoms with van der Waals surface area (Å²) in [7, 11) is 1.47. The number of nitrogens with zero attached hydrogens (tertiary/aromatic N) is 2. The molecule has 1 saturated carbocycles. The Labute approximate surface area is 264 Å². The van der Waals surface area contributed by atoms with E-state index >= 15 is 4.39 Å². The molecule has 2 heterocycles. The molecule has 13 heteroatoms. The average molecular weight is 690 g/mol. The number of aromatic nitrogens is 2. The van der Waals surface area contributed by atoms with Crippen molar-refractivity contribution in [1.29, 1.82) is 0 Å². The number of carbonyl (C=O) groups is 2. The second-order valence-electron chi connectivity index (χ2n) is 10.4. The van der Waals surface area contributed by atoms with Crippen LogP contribution in [0.4, 0.5) is 8.78 Å². The minimum absolute atomic E-state index is 0.0147. The zero-order valence-corrected chi connectivity index (χ0v) is 26.1. The van der Waals surface area contributed by atoms with E-state index < -0.39 is 34.1 Å². The van der Waals surface area contributed by atoms with Crippen molar-refractivity contribution >= 4 is 50.2 Å². The van der Waals surface area contributed by atoms with Crippen LogP contribution in [0.5, 0.6) is 11.5 Å². The molecule has 0 bridgehead atoms. The van der Waals surface area contributed by atoms with Crippen molar-refractivity contribution in [3.63, 3.8) is 0 Å². The van der Waals surface area contributed by atoms with Crippen molar-refractivity contribution in [2.24, 2.45) is 11.7 Å². The van der Waals surface area contributed by atoms with Gasteiger partial charge in [-0.05, 0) is 78.0 Å². The first-order valence-corrected chi connectivity index (χ1v) is 14.9. The monoisotopic (exact) mass is 688 g/mol. The third-order valence-corrected chi connectivity index (χ3v) is 8.13. The van der Waals surface area contributed by atoms with Gasteiger partial charge in [0, 0.05) is 32.7 Å². The van der Waals surface area contributed by atoms with Crippen molar-refractivity contribution in [3.8, 4) is 22.8 Å². The number of hydrogen-bond donors (Lipinski definition) is 3. The van der Waals surface area contributed by atoms with Crippen LogP contribution in [-0.2, 0) is 16.8 Å². The highest BCUT2D eigenvalue weighted by molar-refractivity contribution is 9.10. The van der Waals surface area contributed by atoms with E-state index in [1.54, 1.807) is 31.3 Å². The van der Waals surface area contributed by atoms with Gasteiger partial charge in [0.2, 0.25) is 5.91 Å². The first-order valence-electron chi connectivity index (χ1n) is 13.7. The van der Waals surface area contributed by atoms with Crippen molar-refractivity contribution in [1.82, 2.24) is 15.3 Å². The quantitative estimate of drug-likeness (QED) is 0.178. The molecule has 2 amide bonds. The highest BCUT2D eigenvalue weighted by Gasteiger charge is 2.47. The lowest BCUT2D eigenvalue weighted by Crippen LogP contribution is -2.43. The van der Waals surface area contributed by atoms with Crippen LogP contribution >= 0.6 is 27.5 Å². The Balaban J connectivity index is 1.57. The van der Waals surface area contributed by atoms with Crippen LogP contribution in [0.2, 0.25) is 5.02 Å². The minimum Gasteiger partial charge on any atom is -0.494 e. The number of pyridine rings is 2. The van der Waals surface area contributed by atoms with Crippen LogP contribution in [0.1, 0.15) is 41.4 Å². The molecule has 2 aromatic heterocycles. The Hall–Kier alpha value is -3.87. The lowest BCUT2D eigenvalue weighted by molar-refractivity contribution is -0.117. The molecule has 0 aliphatic heterocycles. The normalized spacial score (nSPS) is 14.2. The molecule has 1 atom stereocenters. The van der Waals surface area contributed by atoms with E-state index in [9.17, 15) is 19.1 Å². The molecule has 1 aliphatic carbocycles. The van der Waals surface area contributed by atoms with E-state index in [0.717, 1.165) is 0 Å². The Morgan fingerprint density at radius 2 is 1.95 bits per heavy atom. The molecule has 1 aliphatic rings. The fourth-order valence-corrected chi connectivity index (χ4v) is 5.62. The van der Waals surface area contributed by atoms with Crippen LogP contribution in [0.25, 0.3) is 22.2 Å². The topological polar surface area (TPSA) is 137 Å². The van der Waals surface area contributed by atoms with Gasteiger partial charge < -0.3 is 25.6 Å². The van der Waals surface area contributed by atoms with Crippen LogP contribution < -0.4 is 20.5 Å². The van der Waals surface area contributed by atoms with E-state index in [1.807, 2.05) is 0 Å². The summed E-state index contributed by atoms with van der Waals surface area (Å²) in [6.45, 7) is 1.51. The molecule has 4 aromatic rings. The number of methoxy groups -OCH3 is 1. The summed E-state index contributed by atoms with van der Waals surface area (Å²) in [4.78, 5) is 34.4. The van der Waals surface area contributed by atoms with Crippen molar-refractivity contribution < 1.29 is 33.0 Å². The second kappa shape index (κ2) is 12.6. The van der Waals surface area contributed by atoms with Gasteiger partial charge in [-0.1, -0.05) is 11.6 Å². The molecule has 9 nitrogen and oxygen atoms in total. The van der Waals surface area contributed by atoms with Crippen LogP contribution in [0.3, 0.4) is 0 Å². The zero-order valence-electron chi connectivity index (χ0n) is 23.7. The summed E-state index contributed by atoms with van der Waals surface area (Å²) in [6.07, 6.45) is 2.53. The van der Waals surface area contributed by atoms with Gasteiger partial charge in [0.25, 0.3) is 5.91 Å². The first-order chi connectivity index (χ1) is 21.0. The van der Waals surface area contributed by atoms with Crippen LogP contribution in [-0.4, -0.2) is 47.2 Å². The Kier molecular flexibility index (Phi) is 9.05. The molecule has 0 spiro atoms. The predicted octanol–water partition coefficient (Wildman–Crippen LogP) is 5.45. The first kappa shape index (κ1) is 31.6. The maximum absolute atomic E-state index is 15.2. The standard InChI is InChI=1S/C31H28BrClF2N4O5/c1-3-44-29-16(12-24(36)40)11-23(39-28(29)20-6-7-21(33)26(35)25(20)34)31(42,18-4-5-18)14-38-30(41)17-8-15-9-19(32)13-37-27(15)22(10-17)43-2/h6-11,13,18,42H,3-5,12,14H2,1-2H3,(H2,36,40)(H,38,41)/t31-/m1/s1. The number of fused-ring (bicyclic) bond motifs is 1. The molecule has 1 fully saturated rings. The van der Waals surface area contributed by atoms with Gasteiger partial charge in [0.1, 0.15) is 28.3 Å². The molecule has 0 radical (unpaired) electrons. The van der Waals surface area contributed by atoms with Gasteiger partial charge in [-0.2, -0.15) is 0 Å². The van der Waals surface area contributed by atoms with Gasteiger partial charge in [0.05, 0.1) is 37.4 Å². The number of carbonyl (C=O) groups excluding carboxylic acids is 2. The molecule has 44 heavy (non-hydrogen) atoms. The third kappa shape index (κ3) is 6.19. The van der Waals surface area contributed by atoms with Crippen molar-refractivity contribution in [2.75, 3.05) is 20.3 Å². The molecule has 0 saturated heterocycles. The van der Waals surface area contributed by atoms with Crippen molar-refractivity contribution in [3.05, 3.63) is 80.5 Å². The molecule has 4 N–H and O–H groups in total. The maximum atomic E-state index is 15.2. The van der Waals surface area contributed by atoms with E-state index in [4.69, 9.17) is 26.8 Å². The minimum atomic E-state index is -1.74. The Bertz CT molecular complexity index is 1790. The second-order valence-corrected chi connectivity index (χ2v) is 11.8. The number of nitrogens with one attached hydrogen (secondary N) is 1. The maximum Gasteiger partial charge on any atom is 0.251 e. The molecule has 230 valence electrons. The van der Waals surface area contributed by atoms with E-state index in [-0.39, 0.29) is 59.3 Å². The molecular weight excluding hydrogens is 662 g/mol. The van der Waals surface area contributed by atoms with Gasteiger partial charge in [0.15, 0.2) is 11.6 Å². The fourth-order valence-electron chi connectivity index (χ4n) is 5.12. The molecular formula is C31H28BrClF2N4O5. The number of benzene rings is 2. The van der Waals surface area contributed by atoms with E-state index in [1.165, 1.54) is 25.3 Å². The van der Waals surface area contributed by atoms with Gasteiger partial charge in [-0.15, -0.1) is 0 Å². The van der Waals surface area contributed by atoms with Gasteiger partial charge in [-0.25, -0.2) is 13.8 Å². The number of hydrogen-bond acceptors (Lipinski definition) is 7. The van der Waals surface area contributed by atoms with Crippen molar-refractivity contribution in [2.45, 2.75) is 31.8 Å². The summed E-state index contributed by atoms with van der Waals surface area (Å²) in [5, 5.41) is 15.1.